The SMILES string of the molecule is CC1CCCN1CCCOc1ccc2c(c1)N(S(=O)(=O)c1ccc3ccccc3c1)CCS2. The molecule has 0 radical (unpaired) electrons. The van der Waals surface area contributed by atoms with E-state index in [0.717, 1.165) is 40.1 Å². The summed E-state index contributed by atoms with van der Waals surface area (Å²) in [4.78, 5) is 3.82. The fourth-order valence-corrected chi connectivity index (χ4v) is 7.41. The van der Waals surface area contributed by atoms with Gasteiger partial charge in [0.25, 0.3) is 10.0 Å². The van der Waals surface area contributed by atoms with Gasteiger partial charge in [-0.15, -0.1) is 11.8 Å². The van der Waals surface area contributed by atoms with Crippen molar-refractivity contribution in [2.45, 2.75) is 42.0 Å². The third-order valence-corrected chi connectivity index (χ3v) is 9.46. The highest BCUT2D eigenvalue weighted by molar-refractivity contribution is 8.00. The molecule has 1 atom stereocenters. The van der Waals surface area contributed by atoms with Gasteiger partial charge in [0.2, 0.25) is 0 Å². The van der Waals surface area contributed by atoms with E-state index >= 15 is 0 Å². The molecule has 3 aromatic carbocycles. The molecule has 33 heavy (non-hydrogen) atoms. The molecule has 0 N–H and O–H groups in total. The normalized spacial score (nSPS) is 19.1. The fourth-order valence-electron chi connectivity index (χ4n) is 4.75. The van der Waals surface area contributed by atoms with Crippen LogP contribution in [0.15, 0.2) is 70.5 Å². The van der Waals surface area contributed by atoms with E-state index in [1.807, 2.05) is 48.5 Å². The Balaban J connectivity index is 1.34. The number of anilines is 1. The summed E-state index contributed by atoms with van der Waals surface area (Å²) in [5, 5.41) is 1.96. The van der Waals surface area contributed by atoms with Gasteiger partial charge in [-0.3, -0.25) is 4.31 Å². The molecular formula is C26H30N2O3S2. The van der Waals surface area contributed by atoms with Crippen molar-refractivity contribution in [3.63, 3.8) is 0 Å². The second-order valence-electron chi connectivity index (χ2n) is 8.79. The molecule has 0 spiro atoms. The second kappa shape index (κ2) is 9.57. The van der Waals surface area contributed by atoms with Crippen molar-refractivity contribution in [2.24, 2.45) is 0 Å². The summed E-state index contributed by atoms with van der Waals surface area (Å²) in [6.07, 6.45) is 3.53. The van der Waals surface area contributed by atoms with E-state index in [2.05, 4.69) is 11.8 Å². The van der Waals surface area contributed by atoms with Crippen LogP contribution in [-0.4, -0.2) is 51.4 Å². The van der Waals surface area contributed by atoms with E-state index in [9.17, 15) is 8.42 Å². The number of hydrogen-bond acceptors (Lipinski definition) is 5. The van der Waals surface area contributed by atoms with E-state index in [1.54, 1.807) is 28.2 Å². The van der Waals surface area contributed by atoms with Crippen LogP contribution in [0.3, 0.4) is 0 Å². The monoisotopic (exact) mass is 482 g/mol. The molecule has 174 valence electrons. The third-order valence-electron chi connectivity index (χ3n) is 6.61. The highest BCUT2D eigenvalue weighted by Gasteiger charge is 2.30. The number of rotatable bonds is 7. The maximum absolute atomic E-state index is 13.6. The number of fused-ring (bicyclic) bond motifs is 2. The van der Waals surface area contributed by atoms with Gasteiger partial charge in [0.15, 0.2) is 0 Å². The lowest BCUT2D eigenvalue weighted by molar-refractivity contribution is 0.230. The zero-order valence-corrected chi connectivity index (χ0v) is 20.6. The molecule has 0 amide bonds. The van der Waals surface area contributed by atoms with Crippen LogP contribution >= 0.6 is 11.8 Å². The largest absolute Gasteiger partial charge is 0.493 e. The molecule has 3 aromatic rings. The maximum atomic E-state index is 13.6. The van der Waals surface area contributed by atoms with Gasteiger partial charge in [-0.1, -0.05) is 30.3 Å². The van der Waals surface area contributed by atoms with Crippen molar-refractivity contribution in [1.82, 2.24) is 4.90 Å². The Morgan fingerprint density at radius 1 is 1.03 bits per heavy atom. The summed E-state index contributed by atoms with van der Waals surface area (Å²) < 4.78 is 34.8. The molecule has 1 saturated heterocycles. The molecule has 1 unspecified atom stereocenters. The molecule has 2 aliphatic heterocycles. The Kier molecular flexibility index (Phi) is 6.54. The van der Waals surface area contributed by atoms with Gasteiger partial charge in [0.1, 0.15) is 5.75 Å². The van der Waals surface area contributed by atoms with Crippen LogP contribution in [0.1, 0.15) is 26.2 Å². The molecule has 2 aliphatic rings. The Bertz CT molecular complexity index is 1250. The summed E-state index contributed by atoms with van der Waals surface area (Å²) in [5.74, 6) is 1.46. The molecule has 5 nitrogen and oxygen atoms in total. The van der Waals surface area contributed by atoms with Crippen molar-refractivity contribution in [2.75, 3.05) is 36.3 Å². The number of ether oxygens (including phenoxy) is 1. The Morgan fingerprint density at radius 3 is 2.70 bits per heavy atom. The Hall–Kier alpha value is -2.22. The number of likely N-dealkylation sites (tertiary alicyclic amines) is 1. The number of sulfonamides is 1. The molecule has 0 aliphatic carbocycles. The van der Waals surface area contributed by atoms with Crippen LogP contribution in [0.4, 0.5) is 5.69 Å². The van der Waals surface area contributed by atoms with Crippen molar-refractivity contribution in [1.29, 1.82) is 0 Å². The average Bonchev–Trinajstić information content (AvgIpc) is 3.25. The van der Waals surface area contributed by atoms with Gasteiger partial charge in [-0.05, 0) is 67.8 Å². The van der Waals surface area contributed by atoms with E-state index in [1.165, 1.54) is 19.4 Å². The predicted molar refractivity (Wildman–Crippen MR) is 136 cm³/mol. The van der Waals surface area contributed by atoms with Gasteiger partial charge in [0.05, 0.1) is 17.2 Å². The Morgan fingerprint density at radius 2 is 1.88 bits per heavy atom. The average molecular weight is 483 g/mol. The van der Waals surface area contributed by atoms with Gasteiger partial charge in [0, 0.05) is 35.8 Å². The number of benzene rings is 3. The first-order valence-corrected chi connectivity index (χ1v) is 14.1. The van der Waals surface area contributed by atoms with Crippen molar-refractivity contribution in [3.8, 4) is 5.75 Å². The van der Waals surface area contributed by atoms with E-state index in [4.69, 9.17) is 4.74 Å². The molecule has 7 heteroatoms. The molecule has 2 heterocycles. The molecule has 0 aromatic heterocycles. The summed E-state index contributed by atoms with van der Waals surface area (Å²) in [7, 11) is -3.67. The zero-order valence-electron chi connectivity index (χ0n) is 18.9. The van der Waals surface area contributed by atoms with Crippen LogP contribution in [0.25, 0.3) is 10.8 Å². The second-order valence-corrected chi connectivity index (χ2v) is 11.8. The van der Waals surface area contributed by atoms with Crippen LogP contribution < -0.4 is 9.04 Å². The van der Waals surface area contributed by atoms with Crippen LogP contribution in [0.5, 0.6) is 5.75 Å². The molecule has 1 fully saturated rings. The minimum absolute atomic E-state index is 0.324. The minimum Gasteiger partial charge on any atom is -0.493 e. The van der Waals surface area contributed by atoms with E-state index in [-0.39, 0.29) is 0 Å². The molecular weight excluding hydrogens is 452 g/mol. The first kappa shape index (κ1) is 22.6. The van der Waals surface area contributed by atoms with Gasteiger partial charge in [-0.2, -0.15) is 0 Å². The van der Waals surface area contributed by atoms with Gasteiger partial charge >= 0.3 is 0 Å². The Labute approximate surface area is 200 Å². The van der Waals surface area contributed by atoms with Crippen molar-refractivity contribution >= 4 is 38.2 Å². The summed E-state index contributed by atoms with van der Waals surface area (Å²) in [6, 6.07) is 19.7. The summed E-state index contributed by atoms with van der Waals surface area (Å²) in [6.45, 7) is 5.60. The lowest BCUT2D eigenvalue weighted by Gasteiger charge is -2.30. The first-order valence-electron chi connectivity index (χ1n) is 11.7. The van der Waals surface area contributed by atoms with Gasteiger partial charge in [-0.25, -0.2) is 8.42 Å². The number of nitrogens with zero attached hydrogens (tertiary/aromatic N) is 2. The molecule has 5 rings (SSSR count). The topological polar surface area (TPSA) is 49.9 Å². The van der Waals surface area contributed by atoms with Crippen LogP contribution in [0, 0.1) is 0 Å². The predicted octanol–water partition coefficient (Wildman–Crippen LogP) is 5.39. The lowest BCUT2D eigenvalue weighted by atomic mass is 10.1. The quantitative estimate of drug-likeness (QED) is 0.423. The number of thioether (sulfide) groups is 1. The molecule has 0 bridgehead atoms. The smallest absolute Gasteiger partial charge is 0.264 e. The van der Waals surface area contributed by atoms with E-state index in [0.29, 0.717) is 29.8 Å². The maximum Gasteiger partial charge on any atom is 0.264 e. The first-order chi connectivity index (χ1) is 16.0. The third kappa shape index (κ3) is 4.72. The van der Waals surface area contributed by atoms with Gasteiger partial charge < -0.3 is 9.64 Å². The van der Waals surface area contributed by atoms with Crippen LogP contribution in [-0.2, 0) is 10.0 Å². The number of hydrogen-bond donors (Lipinski definition) is 0. The fraction of sp³-hybridized carbons (Fsp3) is 0.385. The van der Waals surface area contributed by atoms with Crippen molar-refractivity contribution in [3.05, 3.63) is 60.7 Å². The minimum atomic E-state index is -3.67. The standard InChI is InChI=1S/C26H30N2O3S2/c1-20-6-4-13-27(20)14-5-16-31-23-10-12-26-25(19-23)28(15-17-32-26)33(29,30)24-11-9-21-7-2-3-8-22(21)18-24/h2-3,7-12,18-20H,4-6,13-17H2,1H3. The van der Waals surface area contributed by atoms with E-state index < -0.39 is 10.0 Å². The highest BCUT2D eigenvalue weighted by Crippen LogP contribution is 2.40. The summed E-state index contributed by atoms with van der Waals surface area (Å²) in [5.41, 5.74) is 0.713. The highest BCUT2D eigenvalue weighted by atomic mass is 32.2. The molecule has 0 saturated carbocycles. The zero-order chi connectivity index (χ0) is 22.8. The lowest BCUT2D eigenvalue weighted by Crippen LogP contribution is -2.35. The summed E-state index contributed by atoms with van der Waals surface area (Å²) >= 11 is 1.69. The van der Waals surface area contributed by atoms with Crippen molar-refractivity contribution < 1.29 is 13.2 Å². The van der Waals surface area contributed by atoms with Crippen LogP contribution in [0.2, 0.25) is 0 Å².